The second-order valence-electron chi connectivity index (χ2n) is 15.4. The average molecular weight is 903 g/mol. The van der Waals surface area contributed by atoms with Gasteiger partial charge in [-0.3, -0.25) is 48.4 Å². The van der Waals surface area contributed by atoms with E-state index in [1.54, 1.807) is 19.6 Å². The number of amides is 4. The monoisotopic (exact) mass is 902 g/mol. The molecule has 1 saturated heterocycles. The number of benzene rings is 2. The summed E-state index contributed by atoms with van der Waals surface area (Å²) < 4.78 is 0. The van der Waals surface area contributed by atoms with Gasteiger partial charge in [0.05, 0.1) is 26.2 Å². The Morgan fingerprint density at radius 1 is 0.516 bits per heavy atom. The molecule has 352 valence electrons. The predicted octanol–water partition coefficient (Wildman–Crippen LogP) is -1.30. The third kappa shape index (κ3) is 20.2. The quantitative estimate of drug-likeness (QED) is 0.0547. The Kier molecular flexibility index (Phi) is 21.8. The largest absolute Gasteiger partial charge is 0.481 e. The molecule has 3 atom stereocenters. The summed E-state index contributed by atoms with van der Waals surface area (Å²) in [5.41, 5.74) is 0.734. The molecule has 64 heavy (non-hydrogen) atoms. The molecule has 0 bridgehead atoms. The van der Waals surface area contributed by atoms with Gasteiger partial charge in [0, 0.05) is 71.7 Å². The minimum Gasteiger partial charge on any atom is -0.481 e. The van der Waals surface area contributed by atoms with Gasteiger partial charge in [-0.15, -0.1) is 0 Å². The summed E-state index contributed by atoms with van der Waals surface area (Å²) in [7, 11) is 0. The van der Waals surface area contributed by atoms with Crippen LogP contribution in [-0.4, -0.2) is 207 Å². The SMILES string of the molecule is O=C(O)CC[C@H](NC(=O)N[C@@H](CCCCNC(=O)[C@H](Cc1ccc2ccccc2c1)NC(=O)CN1CCN(CC(=O)O)CCN(CC(=O)O)CCN(CC(=O)O)CC1)C(=O)O)C(=O)O. The van der Waals surface area contributed by atoms with E-state index in [1.807, 2.05) is 42.5 Å². The van der Waals surface area contributed by atoms with Crippen LogP contribution in [0.3, 0.4) is 0 Å². The van der Waals surface area contributed by atoms with Crippen LogP contribution in [0.1, 0.15) is 37.7 Å². The zero-order chi connectivity index (χ0) is 47.2. The summed E-state index contributed by atoms with van der Waals surface area (Å²) in [5.74, 6) is -8.54. The van der Waals surface area contributed by atoms with E-state index in [-0.39, 0.29) is 111 Å². The molecule has 0 spiro atoms. The number of nitrogens with one attached hydrogen (secondary N) is 4. The fourth-order valence-corrected chi connectivity index (χ4v) is 6.99. The molecule has 1 fully saturated rings. The number of fused-ring (bicyclic) bond motifs is 1. The van der Waals surface area contributed by atoms with Crippen LogP contribution in [0.15, 0.2) is 42.5 Å². The maximum absolute atomic E-state index is 13.8. The van der Waals surface area contributed by atoms with Crippen molar-refractivity contribution in [2.75, 3.05) is 85.1 Å². The van der Waals surface area contributed by atoms with Crippen molar-refractivity contribution in [3.05, 3.63) is 48.0 Å². The molecule has 10 N–H and O–H groups in total. The van der Waals surface area contributed by atoms with Gasteiger partial charge in [0.25, 0.3) is 0 Å². The maximum Gasteiger partial charge on any atom is 0.326 e. The van der Waals surface area contributed by atoms with Crippen LogP contribution in [-0.2, 0) is 44.8 Å². The van der Waals surface area contributed by atoms with Crippen molar-refractivity contribution in [2.24, 2.45) is 0 Å². The van der Waals surface area contributed by atoms with Gasteiger partial charge in [-0.2, -0.15) is 0 Å². The van der Waals surface area contributed by atoms with Crippen molar-refractivity contribution >= 4 is 64.4 Å². The van der Waals surface area contributed by atoms with Gasteiger partial charge in [-0.1, -0.05) is 42.5 Å². The number of carbonyl (C=O) groups excluding carboxylic acids is 3. The van der Waals surface area contributed by atoms with Crippen LogP contribution in [0.4, 0.5) is 4.79 Å². The molecule has 1 aliphatic rings. The number of nitrogens with zero attached hydrogens (tertiary/aromatic N) is 4. The van der Waals surface area contributed by atoms with E-state index >= 15 is 0 Å². The van der Waals surface area contributed by atoms with E-state index in [9.17, 15) is 68.7 Å². The van der Waals surface area contributed by atoms with Gasteiger partial charge < -0.3 is 51.9 Å². The van der Waals surface area contributed by atoms with Crippen molar-refractivity contribution in [1.29, 1.82) is 0 Å². The Balaban J connectivity index is 1.70. The van der Waals surface area contributed by atoms with Crippen LogP contribution in [0.2, 0.25) is 0 Å². The minimum absolute atomic E-state index is 0.0482. The summed E-state index contributed by atoms with van der Waals surface area (Å²) in [5, 5.41) is 68.0. The number of rotatable bonds is 24. The summed E-state index contributed by atoms with van der Waals surface area (Å²) >= 11 is 0. The minimum atomic E-state index is -1.57. The highest BCUT2D eigenvalue weighted by Crippen LogP contribution is 2.17. The van der Waals surface area contributed by atoms with Crippen molar-refractivity contribution < 1.29 is 73.8 Å². The number of hydrogen-bond acceptors (Lipinski definition) is 13. The van der Waals surface area contributed by atoms with Crippen molar-refractivity contribution in [3.8, 4) is 0 Å². The van der Waals surface area contributed by atoms with Crippen molar-refractivity contribution in [2.45, 2.75) is 56.7 Å². The Labute approximate surface area is 368 Å². The number of carboxylic acid groups (broad SMARTS) is 6. The highest BCUT2D eigenvalue weighted by atomic mass is 16.4. The first-order chi connectivity index (χ1) is 30.4. The van der Waals surface area contributed by atoms with E-state index in [1.165, 1.54) is 0 Å². The van der Waals surface area contributed by atoms with E-state index in [0.717, 1.165) is 16.3 Å². The van der Waals surface area contributed by atoms with Crippen molar-refractivity contribution in [1.82, 2.24) is 40.9 Å². The van der Waals surface area contributed by atoms with Crippen LogP contribution in [0.25, 0.3) is 10.8 Å². The average Bonchev–Trinajstić information content (AvgIpc) is 3.21. The number of urea groups is 1. The second kappa shape index (κ2) is 26.9. The number of carbonyl (C=O) groups is 9. The predicted molar refractivity (Wildman–Crippen MR) is 226 cm³/mol. The molecule has 2 aromatic rings. The molecule has 23 heteroatoms. The first-order valence-corrected chi connectivity index (χ1v) is 20.7. The molecule has 0 unspecified atom stereocenters. The van der Waals surface area contributed by atoms with E-state index in [4.69, 9.17) is 5.11 Å². The molecule has 3 rings (SSSR count). The zero-order valence-corrected chi connectivity index (χ0v) is 35.4. The van der Waals surface area contributed by atoms with Crippen LogP contribution in [0.5, 0.6) is 0 Å². The van der Waals surface area contributed by atoms with Gasteiger partial charge >= 0.3 is 41.8 Å². The number of aliphatic carboxylic acids is 6. The Morgan fingerprint density at radius 3 is 1.45 bits per heavy atom. The third-order valence-electron chi connectivity index (χ3n) is 10.4. The van der Waals surface area contributed by atoms with E-state index in [2.05, 4.69) is 21.3 Å². The van der Waals surface area contributed by atoms with Crippen LogP contribution in [0, 0.1) is 0 Å². The van der Waals surface area contributed by atoms with E-state index < -0.39 is 84.6 Å². The standard InChI is InChI=1S/C41H58N8O15/c50-33(23-46-13-15-47(24-35(53)54)17-19-49(26-37(57)58)20-18-48(16-14-46)25-36(55)56)43-32(22-27-8-9-28-5-1-2-6-29(28)21-27)38(59)42-12-4-3-7-30(39(60)61)44-41(64)45-31(40(62)63)10-11-34(51)52/h1-2,5-6,8-9,21,30-32H,3-4,7,10-20,22-26H2,(H,42,59)(H,43,50)(H,51,52)(H,53,54)(H,55,56)(H,57,58)(H,60,61)(H,62,63)(H2,44,45,64)/t30-,31-,32-/m0/s1. The molecular weight excluding hydrogens is 844 g/mol. The molecule has 4 amide bonds. The second-order valence-corrected chi connectivity index (χ2v) is 15.4. The number of carboxylic acids is 6. The Bertz CT molecular complexity index is 1920. The van der Waals surface area contributed by atoms with E-state index in [0.29, 0.717) is 0 Å². The Morgan fingerprint density at radius 2 is 0.984 bits per heavy atom. The highest BCUT2D eigenvalue weighted by Gasteiger charge is 2.27. The lowest BCUT2D eigenvalue weighted by atomic mass is 10.0. The molecule has 1 heterocycles. The van der Waals surface area contributed by atoms with Crippen LogP contribution < -0.4 is 21.3 Å². The van der Waals surface area contributed by atoms with Crippen LogP contribution >= 0.6 is 0 Å². The molecule has 1 aliphatic heterocycles. The van der Waals surface area contributed by atoms with Crippen molar-refractivity contribution in [3.63, 3.8) is 0 Å². The zero-order valence-electron chi connectivity index (χ0n) is 35.4. The lowest BCUT2D eigenvalue weighted by Crippen LogP contribution is -2.53. The highest BCUT2D eigenvalue weighted by molar-refractivity contribution is 5.89. The summed E-state index contributed by atoms with van der Waals surface area (Å²) in [4.78, 5) is 116. The molecular formula is C41H58N8O15. The number of unbranched alkanes of at least 4 members (excludes halogenated alkanes) is 1. The topological polar surface area (TPSA) is 336 Å². The molecule has 23 nitrogen and oxygen atoms in total. The summed E-state index contributed by atoms with van der Waals surface area (Å²) in [6.07, 6.45) is -0.558. The first kappa shape index (κ1) is 51.9. The normalized spacial score (nSPS) is 16.2. The molecule has 0 aromatic heterocycles. The van der Waals surface area contributed by atoms with Gasteiger partial charge in [-0.05, 0) is 42.0 Å². The van der Waals surface area contributed by atoms with Gasteiger partial charge in [0.1, 0.15) is 18.1 Å². The fourth-order valence-electron chi connectivity index (χ4n) is 6.99. The smallest absolute Gasteiger partial charge is 0.326 e. The number of hydrogen-bond donors (Lipinski definition) is 10. The fraction of sp³-hybridized carbons (Fsp3) is 0.537. The lowest BCUT2D eigenvalue weighted by molar-refractivity contribution is -0.141. The van der Waals surface area contributed by atoms with Gasteiger partial charge in [0.15, 0.2) is 0 Å². The third-order valence-corrected chi connectivity index (χ3v) is 10.4. The first-order valence-electron chi connectivity index (χ1n) is 20.7. The van der Waals surface area contributed by atoms with Gasteiger partial charge in [0.2, 0.25) is 11.8 Å². The maximum atomic E-state index is 13.8. The molecule has 0 aliphatic carbocycles. The molecule has 2 aromatic carbocycles. The molecule has 0 radical (unpaired) electrons. The lowest BCUT2D eigenvalue weighted by Gasteiger charge is -2.33. The Hall–Kier alpha value is -6.43. The molecule has 0 saturated carbocycles. The van der Waals surface area contributed by atoms with Gasteiger partial charge in [-0.25, -0.2) is 14.4 Å². The summed E-state index contributed by atoms with van der Waals surface area (Å²) in [6.45, 7) is 0.323. The summed E-state index contributed by atoms with van der Waals surface area (Å²) in [6, 6.07) is 7.98.